The molecule has 1 unspecified atom stereocenters. The van der Waals surface area contributed by atoms with Gasteiger partial charge in [0.25, 0.3) is 0 Å². The normalized spacial score (nSPS) is 17.3. The molecule has 2 heterocycles. The molecule has 1 atom stereocenters. The van der Waals surface area contributed by atoms with Crippen molar-refractivity contribution in [1.82, 2.24) is 20.2 Å². The number of fused-ring (bicyclic) bond motifs is 1. The lowest BCUT2D eigenvalue weighted by atomic mass is 10.3. The van der Waals surface area contributed by atoms with Crippen LogP contribution < -0.4 is 15.5 Å². The molecule has 6 nitrogen and oxygen atoms in total. The lowest BCUT2D eigenvalue weighted by molar-refractivity contribution is 0.647. The van der Waals surface area contributed by atoms with Crippen LogP contribution in [0.15, 0.2) is 59.6 Å². The van der Waals surface area contributed by atoms with Gasteiger partial charge in [-0.1, -0.05) is 30.3 Å². The van der Waals surface area contributed by atoms with Gasteiger partial charge in [0.2, 0.25) is 0 Å². The van der Waals surface area contributed by atoms with Crippen LogP contribution in [0.3, 0.4) is 0 Å². The Balaban J connectivity index is 1.43. The average Bonchev–Trinajstić information content (AvgIpc) is 3.32. The molecule has 4 rings (SSSR count). The summed E-state index contributed by atoms with van der Waals surface area (Å²) in [4.78, 5) is 11.9. The average molecular weight is 377 g/mol. The monoisotopic (exact) mass is 376 g/mol. The molecule has 3 aromatic rings. The summed E-state index contributed by atoms with van der Waals surface area (Å²) in [5, 5.41) is 6.97. The first-order chi connectivity index (χ1) is 13.7. The van der Waals surface area contributed by atoms with E-state index in [2.05, 4.69) is 70.5 Å². The SMILES string of the molecule is CCNC(=NCc1nc2ccccc2n1C)NC1CCN(c2ccccc2)C1. The van der Waals surface area contributed by atoms with Crippen LogP contribution in [-0.4, -0.2) is 41.2 Å². The number of aryl methyl sites for hydroxylation is 1. The molecule has 0 aliphatic carbocycles. The quantitative estimate of drug-likeness (QED) is 0.531. The predicted molar refractivity (Wildman–Crippen MR) is 116 cm³/mol. The summed E-state index contributed by atoms with van der Waals surface area (Å²) in [7, 11) is 2.05. The molecule has 1 saturated heterocycles. The summed E-state index contributed by atoms with van der Waals surface area (Å²) < 4.78 is 2.12. The molecule has 2 N–H and O–H groups in total. The van der Waals surface area contributed by atoms with Crippen LogP contribution in [0.25, 0.3) is 11.0 Å². The van der Waals surface area contributed by atoms with Crippen LogP contribution >= 0.6 is 0 Å². The third-order valence-electron chi connectivity index (χ3n) is 5.25. The zero-order valence-electron chi connectivity index (χ0n) is 16.6. The largest absolute Gasteiger partial charge is 0.369 e. The molecule has 2 aromatic carbocycles. The summed E-state index contributed by atoms with van der Waals surface area (Å²) in [6.07, 6.45) is 1.10. The number of rotatable bonds is 5. The lowest BCUT2D eigenvalue weighted by Crippen LogP contribution is -2.44. The first-order valence-corrected chi connectivity index (χ1v) is 9.99. The summed E-state index contributed by atoms with van der Waals surface area (Å²) in [5.41, 5.74) is 3.44. The zero-order valence-corrected chi connectivity index (χ0v) is 16.6. The van der Waals surface area contributed by atoms with Gasteiger partial charge in [-0.05, 0) is 37.6 Å². The number of aliphatic imine (C=N–C) groups is 1. The van der Waals surface area contributed by atoms with Gasteiger partial charge in [0, 0.05) is 38.4 Å². The molecule has 1 aliphatic heterocycles. The van der Waals surface area contributed by atoms with E-state index in [0.717, 1.165) is 48.9 Å². The molecule has 0 spiro atoms. The van der Waals surface area contributed by atoms with E-state index in [1.54, 1.807) is 0 Å². The van der Waals surface area contributed by atoms with Crippen molar-refractivity contribution in [3.63, 3.8) is 0 Å². The molecule has 0 saturated carbocycles. The van der Waals surface area contributed by atoms with E-state index in [1.807, 2.05) is 18.2 Å². The maximum atomic E-state index is 4.79. The molecule has 1 fully saturated rings. The van der Waals surface area contributed by atoms with E-state index in [-0.39, 0.29) is 0 Å². The smallest absolute Gasteiger partial charge is 0.191 e. The van der Waals surface area contributed by atoms with Crippen molar-refractivity contribution < 1.29 is 0 Å². The zero-order chi connectivity index (χ0) is 19.3. The summed E-state index contributed by atoms with van der Waals surface area (Å²) in [6, 6.07) is 19.2. The number of nitrogens with one attached hydrogen (secondary N) is 2. The van der Waals surface area contributed by atoms with Crippen molar-refractivity contribution in [2.24, 2.45) is 12.0 Å². The summed E-state index contributed by atoms with van der Waals surface area (Å²) in [6.45, 7) is 5.53. The van der Waals surface area contributed by atoms with E-state index in [0.29, 0.717) is 12.6 Å². The minimum atomic E-state index is 0.387. The first-order valence-electron chi connectivity index (χ1n) is 9.99. The number of benzene rings is 2. The minimum absolute atomic E-state index is 0.387. The number of guanidine groups is 1. The Kier molecular flexibility index (Phi) is 5.46. The van der Waals surface area contributed by atoms with Crippen LogP contribution in [-0.2, 0) is 13.6 Å². The van der Waals surface area contributed by atoms with Crippen molar-refractivity contribution in [3.8, 4) is 0 Å². The van der Waals surface area contributed by atoms with Crippen LogP contribution in [0.4, 0.5) is 5.69 Å². The Hall–Kier alpha value is -3.02. The van der Waals surface area contributed by atoms with Gasteiger partial charge in [0.15, 0.2) is 5.96 Å². The van der Waals surface area contributed by atoms with Crippen molar-refractivity contribution >= 4 is 22.7 Å². The highest BCUT2D eigenvalue weighted by Crippen LogP contribution is 2.19. The molecule has 1 aliphatic rings. The lowest BCUT2D eigenvalue weighted by Gasteiger charge is -2.20. The van der Waals surface area contributed by atoms with Crippen molar-refractivity contribution in [2.75, 3.05) is 24.5 Å². The molecule has 6 heteroatoms. The number of nitrogens with zero attached hydrogens (tertiary/aromatic N) is 4. The second-order valence-corrected chi connectivity index (χ2v) is 7.18. The van der Waals surface area contributed by atoms with Crippen LogP contribution in [0.2, 0.25) is 0 Å². The standard InChI is InChI=1S/C22H28N6/c1-3-23-22(24-15-21-26-19-11-7-8-12-20(19)27(21)2)25-17-13-14-28(16-17)18-9-5-4-6-10-18/h4-12,17H,3,13-16H2,1-2H3,(H2,23,24,25). The maximum Gasteiger partial charge on any atom is 0.191 e. The van der Waals surface area contributed by atoms with E-state index in [1.165, 1.54) is 5.69 Å². The molecular formula is C22H28N6. The van der Waals surface area contributed by atoms with Crippen molar-refractivity contribution in [3.05, 3.63) is 60.4 Å². The molecule has 1 aromatic heterocycles. The van der Waals surface area contributed by atoms with Crippen molar-refractivity contribution in [2.45, 2.75) is 25.9 Å². The van der Waals surface area contributed by atoms with Gasteiger partial charge in [-0.2, -0.15) is 0 Å². The van der Waals surface area contributed by atoms with Gasteiger partial charge in [-0.15, -0.1) is 0 Å². The first kappa shape index (κ1) is 18.3. The number of hydrogen-bond acceptors (Lipinski definition) is 3. The second-order valence-electron chi connectivity index (χ2n) is 7.18. The summed E-state index contributed by atoms with van der Waals surface area (Å²) >= 11 is 0. The third kappa shape index (κ3) is 3.96. The Morgan fingerprint density at radius 3 is 2.71 bits per heavy atom. The molecule has 146 valence electrons. The van der Waals surface area contributed by atoms with Gasteiger partial charge in [0.1, 0.15) is 12.4 Å². The van der Waals surface area contributed by atoms with Crippen molar-refractivity contribution in [1.29, 1.82) is 0 Å². The number of para-hydroxylation sites is 3. The van der Waals surface area contributed by atoms with E-state index in [9.17, 15) is 0 Å². The fraction of sp³-hybridized carbons (Fsp3) is 0.364. The van der Waals surface area contributed by atoms with E-state index < -0.39 is 0 Å². The number of anilines is 1. The van der Waals surface area contributed by atoms with E-state index in [4.69, 9.17) is 9.98 Å². The Morgan fingerprint density at radius 1 is 1.14 bits per heavy atom. The predicted octanol–water partition coefficient (Wildman–Crippen LogP) is 2.91. The third-order valence-corrected chi connectivity index (χ3v) is 5.25. The van der Waals surface area contributed by atoms with Gasteiger partial charge in [-0.25, -0.2) is 9.98 Å². The molecule has 28 heavy (non-hydrogen) atoms. The van der Waals surface area contributed by atoms with Crippen LogP contribution in [0.1, 0.15) is 19.2 Å². The van der Waals surface area contributed by atoms with Crippen LogP contribution in [0.5, 0.6) is 0 Å². The Labute approximate surface area is 166 Å². The topological polar surface area (TPSA) is 57.5 Å². The Morgan fingerprint density at radius 2 is 1.93 bits per heavy atom. The highest BCUT2D eigenvalue weighted by molar-refractivity contribution is 5.80. The molecule has 0 amide bonds. The highest BCUT2D eigenvalue weighted by atomic mass is 15.2. The number of aromatic nitrogens is 2. The van der Waals surface area contributed by atoms with E-state index >= 15 is 0 Å². The summed E-state index contributed by atoms with van der Waals surface area (Å²) in [5.74, 6) is 1.82. The molecule has 0 radical (unpaired) electrons. The van der Waals surface area contributed by atoms with Gasteiger partial charge >= 0.3 is 0 Å². The van der Waals surface area contributed by atoms with Crippen LogP contribution in [0, 0.1) is 0 Å². The Bertz CT molecular complexity index is 946. The number of hydrogen-bond donors (Lipinski definition) is 2. The molecular weight excluding hydrogens is 348 g/mol. The fourth-order valence-corrected chi connectivity index (χ4v) is 3.75. The second kappa shape index (κ2) is 8.33. The minimum Gasteiger partial charge on any atom is -0.369 e. The van der Waals surface area contributed by atoms with Gasteiger partial charge in [0.05, 0.1) is 11.0 Å². The molecule has 0 bridgehead atoms. The maximum absolute atomic E-state index is 4.79. The van der Waals surface area contributed by atoms with Gasteiger partial charge < -0.3 is 20.1 Å². The number of imidazole rings is 1. The van der Waals surface area contributed by atoms with Gasteiger partial charge in [-0.3, -0.25) is 0 Å². The fourth-order valence-electron chi connectivity index (χ4n) is 3.75. The highest BCUT2D eigenvalue weighted by Gasteiger charge is 2.23.